The topological polar surface area (TPSA) is 76.5 Å². The first-order valence-corrected chi connectivity index (χ1v) is 9.47. The van der Waals surface area contributed by atoms with Crippen LogP contribution in [0.2, 0.25) is 0 Å². The predicted octanol–water partition coefficient (Wildman–Crippen LogP) is 2.52. The second-order valence-electron chi connectivity index (χ2n) is 7.08. The van der Waals surface area contributed by atoms with E-state index in [0.717, 1.165) is 31.5 Å². The van der Waals surface area contributed by atoms with Crippen LogP contribution >= 0.6 is 0 Å². The van der Waals surface area contributed by atoms with Gasteiger partial charge < -0.3 is 10.1 Å². The third-order valence-corrected chi connectivity index (χ3v) is 5.22. The second kappa shape index (κ2) is 7.06. The van der Waals surface area contributed by atoms with E-state index in [1.165, 1.54) is 29.3 Å². The zero-order valence-electron chi connectivity index (χ0n) is 15.7. The van der Waals surface area contributed by atoms with E-state index in [4.69, 9.17) is 4.74 Å². The van der Waals surface area contributed by atoms with Gasteiger partial charge in [0.2, 0.25) is 5.91 Å². The standard InChI is InChI=1S/C20H24N4O3/c1-3-24-19-15(10-22-24)6-4-5-14-9-16(7-8-18(14)19)23-12-17(27-20(23)26)11-21-13(2)25/h7-10,17H,3-6,11-12H2,1-2H3,(H,21,25)/t17-/m0/s1. The highest BCUT2D eigenvalue weighted by molar-refractivity contribution is 5.90. The van der Waals surface area contributed by atoms with Gasteiger partial charge in [-0.15, -0.1) is 0 Å². The summed E-state index contributed by atoms with van der Waals surface area (Å²) in [5, 5.41) is 7.22. The molecule has 27 heavy (non-hydrogen) atoms. The van der Waals surface area contributed by atoms with Crippen molar-refractivity contribution in [3.05, 3.63) is 35.5 Å². The molecule has 1 saturated heterocycles. The normalized spacial score (nSPS) is 18.5. The molecule has 4 rings (SSSR count). The van der Waals surface area contributed by atoms with Crippen molar-refractivity contribution in [2.24, 2.45) is 0 Å². The van der Waals surface area contributed by atoms with Crippen LogP contribution in [0.5, 0.6) is 0 Å². The Labute approximate surface area is 158 Å². The molecule has 1 aliphatic heterocycles. The van der Waals surface area contributed by atoms with Crippen LogP contribution in [-0.2, 0) is 28.9 Å². The van der Waals surface area contributed by atoms with Crippen molar-refractivity contribution in [1.29, 1.82) is 0 Å². The van der Waals surface area contributed by atoms with Gasteiger partial charge in [0.1, 0.15) is 6.10 Å². The van der Waals surface area contributed by atoms with E-state index in [2.05, 4.69) is 29.5 Å². The van der Waals surface area contributed by atoms with Crippen molar-refractivity contribution < 1.29 is 14.3 Å². The Balaban J connectivity index is 1.61. The molecule has 2 aliphatic rings. The molecular weight excluding hydrogens is 344 g/mol. The molecule has 0 spiro atoms. The lowest BCUT2D eigenvalue weighted by Crippen LogP contribution is -2.33. The van der Waals surface area contributed by atoms with Crippen LogP contribution < -0.4 is 10.2 Å². The van der Waals surface area contributed by atoms with Gasteiger partial charge in [0, 0.05) is 24.7 Å². The summed E-state index contributed by atoms with van der Waals surface area (Å²) < 4.78 is 7.43. The molecule has 2 heterocycles. The number of aryl methyl sites for hydroxylation is 3. The Morgan fingerprint density at radius 2 is 2.15 bits per heavy atom. The number of rotatable bonds is 4. The lowest BCUT2D eigenvalue weighted by molar-refractivity contribution is -0.119. The Kier molecular flexibility index (Phi) is 4.59. The van der Waals surface area contributed by atoms with Crippen LogP contribution in [0.1, 0.15) is 31.4 Å². The Morgan fingerprint density at radius 1 is 1.33 bits per heavy atom. The van der Waals surface area contributed by atoms with Gasteiger partial charge in [-0.25, -0.2) is 4.79 Å². The number of amides is 2. The first kappa shape index (κ1) is 17.6. The quantitative estimate of drug-likeness (QED) is 0.900. The maximum absolute atomic E-state index is 12.3. The molecule has 0 saturated carbocycles. The molecule has 0 unspecified atom stereocenters. The number of hydrogen-bond donors (Lipinski definition) is 1. The average molecular weight is 368 g/mol. The number of anilines is 1. The zero-order valence-corrected chi connectivity index (χ0v) is 15.7. The van der Waals surface area contributed by atoms with Gasteiger partial charge in [-0.1, -0.05) is 6.07 Å². The van der Waals surface area contributed by atoms with E-state index in [1.807, 2.05) is 16.9 Å². The SMILES string of the molecule is CCn1ncc2c1-c1ccc(N3C[C@H](CNC(C)=O)OC3=O)cc1CCC2. The number of nitrogens with one attached hydrogen (secondary N) is 1. The van der Waals surface area contributed by atoms with Crippen molar-refractivity contribution in [3.63, 3.8) is 0 Å². The maximum atomic E-state index is 12.3. The first-order chi connectivity index (χ1) is 13.1. The number of carbonyl (C=O) groups excluding carboxylic acids is 2. The van der Waals surface area contributed by atoms with Gasteiger partial charge in [0.05, 0.1) is 25.0 Å². The molecule has 1 N–H and O–H groups in total. The largest absolute Gasteiger partial charge is 0.442 e. The van der Waals surface area contributed by atoms with Crippen molar-refractivity contribution >= 4 is 17.7 Å². The number of nitrogens with zero attached hydrogens (tertiary/aromatic N) is 3. The molecule has 1 aliphatic carbocycles. The number of hydrogen-bond acceptors (Lipinski definition) is 4. The second-order valence-corrected chi connectivity index (χ2v) is 7.08. The zero-order chi connectivity index (χ0) is 19.0. The molecule has 7 heteroatoms. The molecule has 1 aromatic heterocycles. The van der Waals surface area contributed by atoms with Crippen molar-refractivity contribution in [2.75, 3.05) is 18.0 Å². The lowest BCUT2D eigenvalue weighted by Gasteiger charge is -2.17. The number of carbonyl (C=O) groups is 2. The minimum absolute atomic E-state index is 0.127. The number of cyclic esters (lactones) is 1. The Morgan fingerprint density at radius 3 is 2.93 bits per heavy atom. The lowest BCUT2D eigenvalue weighted by atomic mass is 10.0. The van der Waals surface area contributed by atoms with Gasteiger partial charge in [-0.3, -0.25) is 14.4 Å². The van der Waals surface area contributed by atoms with E-state index >= 15 is 0 Å². The molecular formula is C20H24N4O3. The molecule has 2 amide bonds. The summed E-state index contributed by atoms with van der Waals surface area (Å²) >= 11 is 0. The average Bonchev–Trinajstić information content (AvgIpc) is 3.18. The van der Waals surface area contributed by atoms with Crippen molar-refractivity contribution in [1.82, 2.24) is 15.1 Å². The number of aromatic nitrogens is 2. The minimum atomic E-state index is -0.363. The third kappa shape index (κ3) is 3.29. The van der Waals surface area contributed by atoms with Crippen LogP contribution in [0.25, 0.3) is 11.3 Å². The first-order valence-electron chi connectivity index (χ1n) is 9.47. The fourth-order valence-corrected chi connectivity index (χ4v) is 3.91. The molecule has 2 aromatic rings. The number of benzene rings is 1. The van der Waals surface area contributed by atoms with Crippen molar-refractivity contribution in [3.8, 4) is 11.3 Å². The van der Waals surface area contributed by atoms with E-state index in [1.54, 1.807) is 4.90 Å². The molecule has 0 bridgehead atoms. The van der Waals surface area contributed by atoms with Gasteiger partial charge >= 0.3 is 6.09 Å². The Hall–Kier alpha value is -2.83. The van der Waals surface area contributed by atoms with Crippen LogP contribution in [0.3, 0.4) is 0 Å². The van der Waals surface area contributed by atoms with Crippen LogP contribution in [0.15, 0.2) is 24.4 Å². The maximum Gasteiger partial charge on any atom is 0.414 e. The number of ether oxygens (including phenoxy) is 1. The highest BCUT2D eigenvalue weighted by Crippen LogP contribution is 2.35. The summed E-state index contributed by atoms with van der Waals surface area (Å²) in [4.78, 5) is 25.0. The third-order valence-electron chi connectivity index (χ3n) is 5.22. The molecule has 1 fully saturated rings. The fraction of sp³-hybridized carbons (Fsp3) is 0.450. The van der Waals surface area contributed by atoms with Gasteiger partial charge in [0.15, 0.2) is 0 Å². The summed E-state index contributed by atoms with van der Waals surface area (Å²) in [6.45, 7) is 5.16. The highest BCUT2D eigenvalue weighted by atomic mass is 16.6. The predicted molar refractivity (Wildman–Crippen MR) is 102 cm³/mol. The van der Waals surface area contributed by atoms with E-state index in [0.29, 0.717) is 13.1 Å². The van der Waals surface area contributed by atoms with Crippen LogP contribution in [0, 0.1) is 0 Å². The monoisotopic (exact) mass is 368 g/mol. The Bertz CT molecular complexity index is 889. The summed E-state index contributed by atoms with van der Waals surface area (Å²) in [5.41, 5.74) is 5.77. The summed E-state index contributed by atoms with van der Waals surface area (Å²) in [6, 6.07) is 6.17. The van der Waals surface area contributed by atoms with Crippen LogP contribution in [0.4, 0.5) is 10.5 Å². The summed E-state index contributed by atoms with van der Waals surface area (Å²) in [6.07, 6.45) is 4.34. The van der Waals surface area contributed by atoms with Crippen molar-refractivity contribution in [2.45, 2.75) is 45.8 Å². The fourth-order valence-electron chi connectivity index (χ4n) is 3.91. The molecule has 142 valence electrons. The molecule has 1 atom stereocenters. The smallest absolute Gasteiger partial charge is 0.414 e. The van der Waals surface area contributed by atoms with Gasteiger partial charge in [-0.2, -0.15) is 5.10 Å². The van der Waals surface area contributed by atoms with Crippen LogP contribution in [-0.4, -0.2) is 41.0 Å². The van der Waals surface area contributed by atoms with E-state index in [9.17, 15) is 9.59 Å². The molecule has 7 nitrogen and oxygen atoms in total. The van der Waals surface area contributed by atoms with Gasteiger partial charge in [0.25, 0.3) is 0 Å². The van der Waals surface area contributed by atoms with E-state index in [-0.39, 0.29) is 18.1 Å². The molecule has 1 aromatic carbocycles. The summed E-state index contributed by atoms with van der Waals surface area (Å²) in [7, 11) is 0. The summed E-state index contributed by atoms with van der Waals surface area (Å²) in [5.74, 6) is -0.127. The van der Waals surface area contributed by atoms with Gasteiger partial charge in [-0.05, 0) is 49.4 Å². The minimum Gasteiger partial charge on any atom is -0.442 e. The molecule has 0 radical (unpaired) electrons. The van der Waals surface area contributed by atoms with E-state index < -0.39 is 0 Å². The highest BCUT2D eigenvalue weighted by Gasteiger charge is 2.33. The number of fused-ring (bicyclic) bond motifs is 3.